The van der Waals surface area contributed by atoms with Gasteiger partial charge in [-0.25, -0.2) is 0 Å². The quantitative estimate of drug-likeness (QED) is 0.179. The van der Waals surface area contributed by atoms with Crippen molar-refractivity contribution >= 4 is 51.2 Å². The molecule has 0 aliphatic rings. The summed E-state index contributed by atoms with van der Waals surface area (Å²) in [4.78, 5) is 16.8. The van der Waals surface area contributed by atoms with Crippen LogP contribution in [0.25, 0.3) is 0 Å². The van der Waals surface area contributed by atoms with Crippen molar-refractivity contribution in [1.29, 1.82) is 0 Å². The number of hydrazone groups is 1. The van der Waals surface area contributed by atoms with Gasteiger partial charge in [0.05, 0.1) is 23.6 Å². The van der Waals surface area contributed by atoms with Crippen molar-refractivity contribution in [1.82, 2.24) is 5.32 Å². The molecule has 172 valence electrons. The number of carbonyl (C=O) groups excluding carboxylic acids is 1. The standard InChI is InChI=1S/C21H24Cl2N4O4S/c1-14-4-6-18(7-5-14)32(29,30)31-9-8-25-13-19(27-24)21(2,3)26-20(28)15-10-16(22)12-17(23)11-15/h4-7,10-13H,8-9,24H2,1-3H3,(H,26,28)/b25-13?,27-19+. The van der Waals surface area contributed by atoms with E-state index in [1.807, 2.05) is 6.92 Å². The summed E-state index contributed by atoms with van der Waals surface area (Å²) in [7, 11) is -3.87. The molecule has 0 heterocycles. The van der Waals surface area contributed by atoms with Gasteiger partial charge in [0.2, 0.25) is 0 Å². The summed E-state index contributed by atoms with van der Waals surface area (Å²) < 4.78 is 29.3. The number of amides is 1. The first-order valence-electron chi connectivity index (χ1n) is 9.47. The third kappa shape index (κ3) is 7.30. The number of nitrogens with one attached hydrogen (secondary N) is 1. The van der Waals surface area contributed by atoms with Crippen molar-refractivity contribution in [2.24, 2.45) is 15.9 Å². The molecule has 0 aromatic heterocycles. The van der Waals surface area contributed by atoms with Crippen molar-refractivity contribution in [3.63, 3.8) is 0 Å². The minimum Gasteiger partial charge on any atom is -0.341 e. The number of hydrogen-bond acceptors (Lipinski definition) is 7. The Morgan fingerprint density at radius 2 is 1.75 bits per heavy atom. The lowest BCUT2D eigenvalue weighted by atomic mass is 9.98. The van der Waals surface area contributed by atoms with Crippen LogP contribution in [0.4, 0.5) is 0 Å². The lowest BCUT2D eigenvalue weighted by Gasteiger charge is -2.25. The first kappa shape index (κ1) is 25.8. The molecular weight excluding hydrogens is 475 g/mol. The van der Waals surface area contributed by atoms with Crippen LogP contribution in [-0.4, -0.2) is 44.9 Å². The monoisotopic (exact) mass is 498 g/mol. The number of benzene rings is 2. The van der Waals surface area contributed by atoms with Crippen LogP contribution >= 0.6 is 23.2 Å². The van der Waals surface area contributed by atoms with Crippen molar-refractivity contribution < 1.29 is 17.4 Å². The van der Waals surface area contributed by atoms with E-state index >= 15 is 0 Å². The van der Waals surface area contributed by atoms with Gasteiger partial charge in [-0.05, 0) is 51.1 Å². The van der Waals surface area contributed by atoms with E-state index in [2.05, 4.69) is 15.4 Å². The average molecular weight is 499 g/mol. The van der Waals surface area contributed by atoms with Crippen LogP contribution in [0.15, 0.2) is 57.5 Å². The minimum absolute atomic E-state index is 0.0397. The number of nitrogens with zero attached hydrogens (tertiary/aromatic N) is 2. The summed E-state index contributed by atoms with van der Waals surface area (Å²) >= 11 is 11.9. The fourth-order valence-electron chi connectivity index (χ4n) is 2.58. The molecule has 0 aliphatic heterocycles. The smallest absolute Gasteiger partial charge is 0.297 e. The number of aryl methyl sites for hydroxylation is 1. The maximum atomic E-state index is 12.6. The van der Waals surface area contributed by atoms with E-state index in [1.54, 1.807) is 26.0 Å². The predicted molar refractivity (Wildman–Crippen MR) is 127 cm³/mol. The van der Waals surface area contributed by atoms with Crippen LogP contribution in [0.5, 0.6) is 0 Å². The van der Waals surface area contributed by atoms with Crippen LogP contribution in [0.3, 0.4) is 0 Å². The Morgan fingerprint density at radius 1 is 1.16 bits per heavy atom. The van der Waals surface area contributed by atoms with Gasteiger partial charge < -0.3 is 11.2 Å². The van der Waals surface area contributed by atoms with Crippen molar-refractivity contribution in [3.05, 3.63) is 63.6 Å². The molecule has 0 aliphatic carbocycles. The molecule has 1 amide bonds. The van der Waals surface area contributed by atoms with Crippen LogP contribution in [0.1, 0.15) is 29.8 Å². The third-order valence-corrected chi connectivity index (χ3v) is 6.08. The van der Waals surface area contributed by atoms with E-state index in [4.69, 9.17) is 33.2 Å². The summed E-state index contributed by atoms with van der Waals surface area (Å²) in [5.41, 5.74) is 0.494. The number of aliphatic imine (C=N–C) groups is 1. The van der Waals surface area contributed by atoms with Crippen LogP contribution in [0, 0.1) is 6.92 Å². The zero-order chi connectivity index (χ0) is 23.9. The van der Waals surface area contributed by atoms with E-state index < -0.39 is 21.6 Å². The highest BCUT2D eigenvalue weighted by molar-refractivity contribution is 7.86. The topological polar surface area (TPSA) is 123 Å². The summed E-state index contributed by atoms with van der Waals surface area (Å²) in [6, 6.07) is 10.8. The molecule has 0 spiro atoms. The van der Waals surface area contributed by atoms with Crippen molar-refractivity contribution in [2.75, 3.05) is 13.2 Å². The second kappa shape index (κ2) is 10.9. The van der Waals surface area contributed by atoms with Gasteiger partial charge in [0.1, 0.15) is 5.71 Å². The van der Waals surface area contributed by atoms with Gasteiger partial charge in [-0.3, -0.25) is 14.0 Å². The van der Waals surface area contributed by atoms with Crippen LogP contribution in [-0.2, 0) is 14.3 Å². The molecule has 0 bridgehead atoms. The van der Waals surface area contributed by atoms with E-state index in [0.29, 0.717) is 10.0 Å². The molecule has 0 saturated carbocycles. The molecule has 0 unspecified atom stereocenters. The normalized spacial score (nSPS) is 12.8. The number of halogens is 2. The highest BCUT2D eigenvalue weighted by atomic mass is 35.5. The summed E-state index contributed by atoms with van der Waals surface area (Å²) in [6.07, 6.45) is 1.35. The molecule has 3 N–H and O–H groups in total. The van der Waals surface area contributed by atoms with Crippen molar-refractivity contribution in [2.45, 2.75) is 31.2 Å². The fraction of sp³-hybridized carbons (Fsp3) is 0.286. The molecule has 2 rings (SSSR count). The Kier molecular flexibility index (Phi) is 8.80. The van der Waals surface area contributed by atoms with Crippen molar-refractivity contribution in [3.8, 4) is 0 Å². The summed E-state index contributed by atoms with van der Waals surface area (Å²) in [5, 5.41) is 7.13. The molecule has 2 aromatic rings. The molecule has 2 aromatic carbocycles. The molecular formula is C21H24Cl2N4O4S. The molecule has 8 nitrogen and oxygen atoms in total. The second-order valence-corrected chi connectivity index (χ2v) is 9.86. The maximum Gasteiger partial charge on any atom is 0.297 e. The number of hydrogen-bond donors (Lipinski definition) is 2. The van der Waals surface area contributed by atoms with Gasteiger partial charge in [-0.15, -0.1) is 0 Å². The second-order valence-electron chi connectivity index (χ2n) is 7.38. The van der Waals surface area contributed by atoms with E-state index in [9.17, 15) is 13.2 Å². The zero-order valence-electron chi connectivity index (χ0n) is 17.8. The molecule has 0 atom stereocenters. The van der Waals surface area contributed by atoms with E-state index in [0.717, 1.165) is 5.56 Å². The lowest BCUT2D eigenvalue weighted by Crippen LogP contribution is -2.50. The van der Waals surface area contributed by atoms with E-state index in [-0.39, 0.29) is 29.3 Å². The molecule has 0 radical (unpaired) electrons. The predicted octanol–water partition coefficient (Wildman–Crippen LogP) is 3.60. The van der Waals surface area contributed by atoms with Gasteiger partial charge in [0.25, 0.3) is 16.0 Å². The van der Waals surface area contributed by atoms with Gasteiger partial charge in [-0.1, -0.05) is 40.9 Å². The Balaban J connectivity index is 1.96. The molecule has 32 heavy (non-hydrogen) atoms. The Hall–Kier alpha value is -2.46. The van der Waals surface area contributed by atoms with Gasteiger partial charge in [0, 0.05) is 21.8 Å². The van der Waals surface area contributed by atoms with Gasteiger partial charge in [-0.2, -0.15) is 13.5 Å². The van der Waals surface area contributed by atoms with E-state index in [1.165, 1.54) is 36.5 Å². The Labute approximate surface area is 197 Å². The number of nitrogens with two attached hydrogens (primary N) is 1. The van der Waals surface area contributed by atoms with Crippen LogP contribution in [0.2, 0.25) is 10.0 Å². The highest BCUT2D eigenvalue weighted by Crippen LogP contribution is 2.20. The van der Waals surface area contributed by atoms with Gasteiger partial charge >= 0.3 is 0 Å². The van der Waals surface area contributed by atoms with Crippen LogP contribution < -0.4 is 11.2 Å². The minimum atomic E-state index is -3.87. The highest BCUT2D eigenvalue weighted by Gasteiger charge is 2.27. The van der Waals surface area contributed by atoms with Gasteiger partial charge in [0.15, 0.2) is 0 Å². The SMILES string of the molecule is Cc1ccc(S(=O)(=O)OCCN=C/C(=N\N)C(C)(C)NC(=O)c2cc(Cl)cc(Cl)c2)cc1. The first-order chi connectivity index (χ1) is 14.9. The zero-order valence-corrected chi connectivity index (χ0v) is 20.1. The molecule has 0 fully saturated rings. The third-order valence-electron chi connectivity index (χ3n) is 4.31. The lowest BCUT2D eigenvalue weighted by molar-refractivity contribution is 0.0932. The fourth-order valence-corrected chi connectivity index (χ4v) is 4.01. The average Bonchev–Trinajstić information content (AvgIpc) is 2.69. The number of carbonyl (C=O) groups is 1. The molecule has 0 saturated heterocycles. The maximum absolute atomic E-state index is 12.6. The number of rotatable bonds is 9. The molecule has 11 heteroatoms. The largest absolute Gasteiger partial charge is 0.341 e. The first-order valence-corrected chi connectivity index (χ1v) is 11.6. The Bertz CT molecular complexity index is 1110. The Morgan fingerprint density at radius 3 is 2.31 bits per heavy atom. The summed E-state index contributed by atoms with van der Waals surface area (Å²) in [5.74, 6) is 5.04. The summed E-state index contributed by atoms with van der Waals surface area (Å²) in [6.45, 7) is 5.10.